The molecule has 0 spiro atoms. The third kappa shape index (κ3) is 4.92. The van der Waals surface area contributed by atoms with Crippen LogP contribution in [0.5, 0.6) is 0 Å². The van der Waals surface area contributed by atoms with E-state index in [0.29, 0.717) is 0 Å². The maximum absolute atomic E-state index is 13.7. The molecule has 58 heavy (non-hydrogen) atoms. The van der Waals surface area contributed by atoms with Gasteiger partial charge in [0.05, 0.1) is 19.7 Å². The van der Waals surface area contributed by atoms with Gasteiger partial charge in [0.25, 0.3) is 0 Å². The molecule has 0 saturated carbocycles. The van der Waals surface area contributed by atoms with Crippen LogP contribution in [0.15, 0.2) is 48.1 Å². The van der Waals surface area contributed by atoms with Crippen LogP contribution < -0.4 is 50.8 Å². The van der Waals surface area contributed by atoms with E-state index in [1.807, 2.05) is 0 Å². The van der Waals surface area contributed by atoms with Gasteiger partial charge in [-0.25, -0.2) is 61.7 Å². The Labute approximate surface area is 328 Å². The van der Waals surface area contributed by atoms with Crippen molar-refractivity contribution in [2.24, 2.45) is 0 Å². The first-order valence-corrected chi connectivity index (χ1v) is 13.2. The van der Waals surface area contributed by atoms with Gasteiger partial charge in [-0.1, -0.05) is 0 Å². The van der Waals surface area contributed by atoms with Crippen molar-refractivity contribution in [1.29, 1.82) is 0 Å². The first kappa shape index (κ1) is 43.6. The van der Waals surface area contributed by atoms with E-state index >= 15 is 0 Å². The zero-order valence-corrected chi connectivity index (χ0v) is 28.8. The fraction of sp³-hybridized carbons (Fsp3) is 0.333. The Kier molecular flexibility index (Phi) is 10.2. The van der Waals surface area contributed by atoms with Crippen LogP contribution in [0.2, 0.25) is 0 Å². The average molecular weight is 850 g/mol. The van der Waals surface area contributed by atoms with Crippen molar-refractivity contribution in [2.45, 2.75) is 22.7 Å². The molecule has 4 rings (SSSR count). The van der Waals surface area contributed by atoms with E-state index in [4.69, 9.17) is 0 Å². The van der Waals surface area contributed by atoms with Gasteiger partial charge < -0.3 is 40.5 Å². The van der Waals surface area contributed by atoms with Crippen molar-refractivity contribution in [2.75, 3.05) is 0 Å². The van der Waals surface area contributed by atoms with Crippen LogP contribution in [0, 0.1) is 121 Å². The molecule has 4 atom stereocenters. The minimum absolute atomic E-state index is 0. The molecular formula is C12H8BN20NaO24. The summed E-state index contributed by atoms with van der Waals surface area (Å²) in [5.41, 5.74) is -23.8. The smallest absolute Gasteiger partial charge is 0.358 e. The Bertz CT molecular complexity index is 1890. The van der Waals surface area contributed by atoms with E-state index in [1.54, 1.807) is 0 Å². The van der Waals surface area contributed by atoms with E-state index in [9.17, 15) is 121 Å². The topological polar surface area (TPSA) is 579 Å². The van der Waals surface area contributed by atoms with Crippen molar-refractivity contribution in [3.63, 3.8) is 0 Å². The van der Waals surface area contributed by atoms with E-state index in [2.05, 4.69) is 0 Å². The van der Waals surface area contributed by atoms with Gasteiger partial charge >= 0.3 is 81.7 Å². The average Bonchev–Trinajstić information content (AvgIpc) is 3.87. The van der Waals surface area contributed by atoms with Crippen LogP contribution in [0.1, 0.15) is 0 Å². The third-order valence-corrected chi connectivity index (χ3v) is 8.64. The number of nitrogens with zero attached hydrogens (tertiary/aromatic N) is 16. The summed E-state index contributed by atoms with van der Waals surface area (Å²) in [5, 5.41) is 141. The molecule has 4 heterocycles. The molecule has 0 aromatic rings. The van der Waals surface area contributed by atoms with Crippen molar-refractivity contribution in [3.05, 3.63) is 169 Å². The van der Waals surface area contributed by atoms with Gasteiger partial charge in [0.2, 0.25) is 0 Å². The van der Waals surface area contributed by atoms with Crippen molar-refractivity contribution >= 4 is 6.15 Å². The van der Waals surface area contributed by atoms with Crippen LogP contribution in [0.4, 0.5) is 0 Å². The molecule has 4 aliphatic rings. The van der Waals surface area contributed by atoms with Gasteiger partial charge in [0.15, 0.2) is 44.9 Å². The zero-order chi connectivity index (χ0) is 43.7. The molecule has 0 radical (unpaired) electrons. The Morgan fingerprint density at radius 1 is 0.362 bits per heavy atom. The summed E-state index contributed by atoms with van der Waals surface area (Å²) >= 11 is 0. The molecule has 4 N–H and O–H groups in total. The standard InChI is InChI=1S/C12H8BN20O24.Na/c34-22(35)5-1-18(30(50)51)9(14-5,26(42)43)13(10(27(44)45)15-6(23(36)37)2-19(10)31(52)53,11(28(46)47)16-7(24(38)39)3-20(11)32(54)55)12(29(48)49)17-8(25(40)41)4-21(12)33(56)57;/h1-4,14-17H;/q-1;+1. The van der Waals surface area contributed by atoms with Crippen molar-refractivity contribution in [1.82, 2.24) is 41.3 Å². The number of hydrogen-bond donors (Lipinski definition) is 4. The van der Waals surface area contributed by atoms with Gasteiger partial charge in [0.1, 0.15) is 0 Å². The molecule has 46 heteroatoms. The van der Waals surface area contributed by atoms with E-state index in [1.165, 1.54) is 0 Å². The van der Waals surface area contributed by atoms with E-state index in [0.717, 1.165) is 21.3 Å². The number of hydrogen-bond acceptors (Lipinski definition) is 28. The molecule has 44 nitrogen and oxygen atoms in total. The monoisotopic (exact) mass is 850 g/mol. The third-order valence-electron chi connectivity index (χ3n) is 8.64. The Morgan fingerprint density at radius 2 is 0.517 bits per heavy atom. The quantitative estimate of drug-likeness (QED) is 0.0636. The molecule has 0 aliphatic carbocycles. The maximum Gasteiger partial charge on any atom is 1.00 e. The SMILES string of the molecule is O=[N+]([O-])C1=CN([N+](=O)[O-])C([N+](=O)[O-])([B-](C2([N+](=O)[O-])NC([N+](=O)[O-])=CN2[N+](=O)[O-])(C2([N+](=O)[O-])NC([N+](=O)[O-])=CN2[N+](=O)[O-])C2([N+](=O)[O-])NC([N+](=O)[O-])=CN2[N+](=O)[O-])N1.[Na+]. The summed E-state index contributed by atoms with van der Waals surface area (Å²) in [4.78, 5) is 135. The summed E-state index contributed by atoms with van der Waals surface area (Å²) in [6.07, 6.45) is -11.3. The maximum atomic E-state index is 13.7. The minimum atomic E-state index is -7.89. The van der Waals surface area contributed by atoms with Crippen LogP contribution in [-0.4, -0.2) is 108 Å². The normalized spacial score (nSPS) is 26.6. The molecule has 304 valence electrons. The Morgan fingerprint density at radius 3 is 0.621 bits per heavy atom. The van der Waals surface area contributed by atoms with Crippen LogP contribution >= 0.6 is 0 Å². The molecule has 4 aliphatic heterocycles. The van der Waals surface area contributed by atoms with Crippen molar-refractivity contribution < 1.29 is 89.1 Å². The number of hydrazine groups is 4. The van der Waals surface area contributed by atoms with Gasteiger partial charge in [-0.05, 0) is 39.7 Å². The number of nitrogens with one attached hydrogen (secondary N) is 4. The molecule has 0 saturated heterocycles. The predicted octanol–water partition coefficient (Wildman–Crippen LogP) is -8.99. The van der Waals surface area contributed by atoms with Crippen molar-refractivity contribution in [3.8, 4) is 0 Å². The molecule has 0 aromatic heterocycles. The summed E-state index contributed by atoms with van der Waals surface area (Å²) in [5.74, 6) is -9.67. The molecule has 0 fully saturated rings. The second-order valence-electron chi connectivity index (χ2n) is 10.7. The zero-order valence-electron chi connectivity index (χ0n) is 26.8. The van der Waals surface area contributed by atoms with E-state index in [-0.39, 0.29) is 29.6 Å². The number of rotatable bonds is 16. The van der Waals surface area contributed by atoms with Gasteiger partial charge in [0, 0.05) is 0 Å². The van der Waals surface area contributed by atoms with Gasteiger partial charge in [-0.15, -0.1) is 0 Å². The van der Waals surface area contributed by atoms with Crippen LogP contribution in [0.3, 0.4) is 0 Å². The summed E-state index contributed by atoms with van der Waals surface area (Å²) < 4.78 is 0. The first-order chi connectivity index (χ1) is 26.1. The second-order valence-corrected chi connectivity index (χ2v) is 10.7. The largest absolute Gasteiger partial charge is 1.00 e. The predicted molar refractivity (Wildman–Crippen MR) is 153 cm³/mol. The van der Waals surface area contributed by atoms with Gasteiger partial charge in [-0.2, -0.15) is 0 Å². The molecule has 0 aromatic carbocycles. The fourth-order valence-corrected chi connectivity index (χ4v) is 7.09. The van der Waals surface area contributed by atoms with E-state index < -0.39 is 157 Å². The van der Waals surface area contributed by atoms with Crippen LogP contribution in [0.25, 0.3) is 0 Å². The minimum Gasteiger partial charge on any atom is -0.358 e. The van der Waals surface area contributed by atoms with Crippen LogP contribution in [-0.2, 0) is 0 Å². The molecule has 0 bridgehead atoms. The summed E-state index contributed by atoms with van der Waals surface area (Å²) in [7, 11) is 0. The summed E-state index contributed by atoms with van der Waals surface area (Å²) in [6, 6.07) is 0. The van der Waals surface area contributed by atoms with Gasteiger partial charge in [-0.3, -0.25) is 40.5 Å². The second kappa shape index (κ2) is 13.5. The fourth-order valence-electron chi connectivity index (χ4n) is 7.09. The number of nitro groups is 12. The summed E-state index contributed by atoms with van der Waals surface area (Å²) in [6.45, 7) is 0. The Balaban J connectivity index is 0.00000900. The molecule has 0 amide bonds. The molecular weight excluding hydrogens is 842 g/mol. The Hall–Kier alpha value is -8.78. The molecule has 4 unspecified atom stereocenters. The first-order valence-electron chi connectivity index (χ1n) is 13.2.